The van der Waals surface area contributed by atoms with E-state index in [2.05, 4.69) is 23.6 Å². The topological polar surface area (TPSA) is 41.7 Å². The molecular formula is C13H27N3O. The Morgan fingerprint density at radius 3 is 2.71 bits per heavy atom. The highest BCUT2D eigenvalue weighted by Gasteiger charge is 2.39. The Morgan fingerprint density at radius 1 is 1.29 bits per heavy atom. The van der Waals surface area contributed by atoms with Gasteiger partial charge in [-0.2, -0.15) is 0 Å². The van der Waals surface area contributed by atoms with Gasteiger partial charge in [-0.3, -0.25) is 9.80 Å². The fourth-order valence-corrected chi connectivity index (χ4v) is 3.10. The van der Waals surface area contributed by atoms with E-state index >= 15 is 0 Å². The van der Waals surface area contributed by atoms with Gasteiger partial charge in [0.2, 0.25) is 0 Å². The first-order valence-electron chi connectivity index (χ1n) is 7.00. The summed E-state index contributed by atoms with van der Waals surface area (Å²) in [5.41, 5.74) is 6.36. The van der Waals surface area contributed by atoms with Gasteiger partial charge in [-0.15, -0.1) is 0 Å². The Balaban J connectivity index is 1.69. The number of nitrogens with two attached hydrogens (primary N) is 1. The molecule has 0 radical (unpaired) electrons. The highest BCUT2D eigenvalue weighted by molar-refractivity contribution is 5.00. The molecule has 0 saturated carbocycles. The van der Waals surface area contributed by atoms with Crippen molar-refractivity contribution in [2.75, 3.05) is 45.9 Å². The molecule has 2 fully saturated rings. The summed E-state index contributed by atoms with van der Waals surface area (Å²) < 4.78 is 5.82. The number of hydrogen-bond acceptors (Lipinski definition) is 4. The van der Waals surface area contributed by atoms with Gasteiger partial charge in [-0.05, 0) is 13.0 Å². The summed E-state index contributed by atoms with van der Waals surface area (Å²) in [5, 5.41) is 0. The van der Waals surface area contributed by atoms with Gasteiger partial charge in [0.1, 0.15) is 0 Å². The van der Waals surface area contributed by atoms with E-state index in [9.17, 15) is 0 Å². The summed E-state index contributed by atoms with van der Waals surface area (Å²) in [7, 11) is 0. The van der Waals surface area contributed by atoms with E-state index in [1.807, 2.05) is 0 Å². The van der Waals surface area contributed by atoms with Gasteiger partial charge in [0.25, 0.3) is 0 Å². The molecule has 2 rings (SSSR count). The van der Waals surface area contributed by atoms with Gasteiger partial charge in [-0.1, -0.05) is 20.3 Å². The number of nitrogens with zero attached hydrogens (tertiary/aromatic N) is 2. The predicted octanol–water partition coefficient (Wildman–Crippen LogP) is 0.520. The maximum atomic E-state index is 6.27. The van der Waals surface area contributed by atoms with Crippen LogP contribution >= 0.6 is 0 Å². The van der Waals surface area contributed by atoms with Crippen LogP contribution in [0.3, 0.4) is 0 Å². The lowest BCUT2D eigenvalue weighted by Gasteiger charge is -2.49. The zero-order valence-electron chi connectivity index (χ0n) is 11.3. The highest BCUT2D eigenvalue weighted by Crippen LogP contribution is 2.24. The van der Waals surface area contributed by atoms with Crippen LogP contribution in [-0.4, -0.2) is 67.3 Å². The monoisotopic (exact) mass is 241 g/mol. The number of rotatable bonds is 5. The molecule has 2 aliphatic rings. The molecule has 2 aliphatic heterocycles. The molecule has 2 saturated heterocycles. The lowest BCUT2D eigenvalue weighted by molar-refractivity contribution is -0.0624. The van der Waals surface area contributed by atoms with E-state index in [-0.39, 0.29) is 5.54 Å². The summed E-state index contributed by atoms with van der Waals surface area (Å²) in [5.74, 6) is 0. The van der Waals surface area contributed by atoms with E-state index in [0.29, 0.717) is 6.10 Å². The molecule has 0 aromatic heterocycles. The van der Waals surface area contributed by atoms with Crippen molar-refractivity contribution in [3.05, 3.63) is 0 Å². The molecule has 1 unspecified atom stereocenters. The average Bonchev–Trinajstić information content (AvgIpc) is 2.28. The molecule has 0 aromatic carbocycles. The van der Waals surface area contributed by atoms with Crippen molar-refractivity contribution in [3.8, 4) is 0 Å². The van der Waals surface area contributed by atoms with E-state index in [1.165, 1.54) is 6.42 Å². The van der Waals surface area contributed by atoms with Crippen molar-refractivity contribution < 1.29 is 4.74 Å². The maximum absolute atomic E-state index is 6.27. The summed E-state index contributed by atoms with van der Waals surface area (Å²) in [6.07, 6.45) is 2.72. The SMILES string of the molecule is CCCC1(N)CN(CC2CN(CC)CCO2)C1. The number of morpholine rings is 1. The van der Waals surface area contributed by atoms with Gasteiger partial charge in [0.15, 0.2) is 0 Å². The Kier molecular flexibility index (Phi) is 4.42. The smallest absolute Gasteiger partial charge is 0.0829 e. The minimum atomic E-state index is 0.0911. The number of hydrogen-bond donors (Lipinski definition) is 1. The minimum absolute atomic E-state index is 0.0911. The van der Waals surface area contributed by atoms with Crippen molar-refractivity contribution in [1.29, 1.82) is 0 Å². The quantitative estimate of drug-likeness (QED) is 0.762. The van der Waals surface area contributed by atoms with Crippen LogP contribution in [0.15, 0.2) is 0 Å². The third kappa shape index (κ3) is 3.41. The standard InChI is InChI=1S/C13H27N3O/c1-3-5-13(14)10-16(11-13)9-12-8-15(4-2)6-7-17-12/h12H,3-11,14H2,1-2H3. The zero-order valence-corrected chi connectivity index (χ0v) is 11.3. The normalized spacial score (nSPS) is 30.2. The first-order chi connectivity index (χ1) is 8.15. The van der Waals surface area contributed by atoms with Gasteiger partial charge >= 0.3 is 0 Å². The number of ether oxygens (including phenoxy) is 1. The largest absolute Gasteiger partial charge is 0.374 e. The Morgan fingerprint density at radius 2 is 2.06 bits per heavy atom. The molecule has 2 N–H and O–H groups in total. The average molecular weight is 241 g/mol. The van der Waals surface area contributed by atoms with Crippen LogP contribution in [0.5, 0.6) is 0 Å². The minimum Gasteiger partial charge on any atom is -0.374 e. The molecule has 17 heavy (non-hydrogen) atoms. The third-order valence-corrected chi connectivity index (χ3v) is 3.96. The molecule has 4 heteroatoms. The molecular weight excluding hydrogens is 214 g/mol. The predicted molar refractivity (Wildman–Crippen MR) is 70.1 cm³/mol. The van der Waals surface area contributed by atoms with E-state index in [1.54, 1.807) is 0 Å². The first kappa shape index (κ1) is 13.3. The molecule has 4 nitrogen and oxygen atoms in total. The van der Waals surface area contributed by atoms with Crippen LogP contribution in [0.25, 0.3) is 0 Å². The van der Waals surface area contributed by atoms with Crippen molar-refractivity contribution in [2.24, 2.45) is 5.73 Å². The zero-order chi connectivity index (χ0) is 12.3. The van der Waals surface area contributed by atoms with Gasteiger partial charge in [-0.25, -0.2) is 0 Å². The molecule has 0 amide bonds. The fourth-order valence-electron chi connectivity index (χ4n) is 3.10. The van der Waals surface area contributed by atoms with Gasteiger partial charge in [0.05, 0.1) is 12.7 Å². The van der Waals surface area contributed by atoms with Crippen LogP contribution in [-0.2, 0) is 4.74 Å². The van der Waals surface area contributed by atoms with Crippen molar-refractivity contribution >= 4 is 0 Å². The van der Waals surface area contributed by atoms with Crippen LogP contribution in [0, 0.1) is 0 Å². The van der Waals surface area contributed by atoms with E-state index in [0.717, 1.165) is 52.3 Å². The van der Waals surface area contributed by atoms with Crippen LogP contribution < -0.4 is 5.73 Å². The summed E-state index contributed by atoms with van der Waals surface area (Å²) in [4.78, 5) is 4.91. The van der Waals surface area contributed by atoms with Crippen molar-refractivity contribution in [3.63, 3.8) is 0 Å². The van der Waals surface area contributed by atoms with Crippen LogP contribution in [0.2, 0.25) is 0 Å². The third-order valence-electron chi connectivity index (χ3n) is 3.96. The van der Waals surface area contributed by atoms with Crippen molar-refractivity contribution in [2.45, 2.75) is 38.3 Å². The summed E-state index contributed by atoms with van der Waals surface area (Å²) in [6.45, 7) is 11.8. The molecule has 0 bridgehead atoms. The second-order valence-corrected chi connectivity index (χ2v) is 5.67. The molecule has 0 spiro atoms. The molecule has 1 atom stereocenters. The Hall–Kier alpha value is -0.160. The highest BCUT2D eigenvalue weighted by atomic mass is 16.5. The van der Waals surface area contributed by atoms with E-state index < -0.39 is 0 Å². The Bertz CT molecular complexity index is 241. The maximum Gasteiger partial charge on any atom is 0.0829 e. The molecule has 0 aliphatic carbocycles. The second-order valence-electron chi connectivity index (χ2n) is 5.67. The molecule has 2 heterocycles. The first-order valence-corrected chi connectivity index (χ1v) is 7.00. The van der Waals surface area contributed by atoms with E-state index in [4.69, 9.17) is 10.5 Å². The lowest BCUT2D eigenvalue weighted by Crippen LogP contribution is -2.68. The molecule has 100 valence electrons. The van der Waals surface area contributed by atoms with Gasteiger partial charge < -0.3 is 10.5 Å². The lowest BCUT2D eigenvalue weighted by atomic mass is 9.86. The Labute approximate surface area is 105 Å². The summed E-state index contributed by atoms with van der Waals surface area (Å²) >= 11 is 0. The molecule has 0 aromatic rings. The van der Waals surface area contributed by atoms with Crippen LogP contribution in [0.1, 0.15) is 26.7 Å². The van der Waals surface area contributed by atoms with Gasteiger partial charge in [0, 0.05) is 38.3 Å². The second kappa shape index (κ2) is 5.65. The number of likely N-dealkylation sites (N-methyl/N-ethyl adjacent to an activating group) is 1. The fraction of sp³-hybridized carbons (Fsp3) is 1.00. The number of likely N-dealkylation sites (tertiary alicyclic amines) is 1. The summed E-state index contributed by atoms with van der Waals surface area (Å²) in [6, 6.07) is 0. The van der Waals surface area contributed by atoms with Crippen LogP contribution in [0.4, 0.5) is 0 Å². The van der Waals surface area contributed by atoms with Crippen molar-refractivity contribution in [1.82, 2.24) is 9.80 Å².